The number of aliphatic hydroxyl groups is 1. The zero-order valence-corrected chi connectivity index (χ0v) is 31.7. The van der Waals surface area contributed by atoms with Gasteiger partial charge in [0.15, 0.2) is 0 Å². The van der Waals surface area contributed by atoms with Crippen molar-refractivity contribution in [3.05, 3.63) is 154 Å². The quantitative estimate of drug-likeness (QED) is 0.102. The SMILES string of the molecule is COC(=O)NC(C(=O)NCc1ccc(C(CO)N(CC2CC(F)(F)C2)S(=O)(=O)c2cccc(Cc3ccccn3)c2)s1)C(c1ccccc1)c1ccccc1. The summed E-state index contributed by atoms with van der Waals surface area (Å²) < 4.78 is 62.7. The van der Waals surface area contributed by atoms with Gasteiger partial charge in [0.2, 0.25) is 21.9 Å². The molecule has 2 atom stereocenters. The molecule has 2 unspecified atom stereocenters. The number of carbonyl (C=O) groups is 2. The molecule has 10 nitrogen and oxygen atoms in total. The number of amides is 2. The molecule has 6 rings (SSSR count). The second-order valence-electron chi connectivity index (χ2n) is 13.5. The number of halogens is 2. The fourth-order valence-electron chi connectivity index (χ4n) is 6.88. The van der Waals surface area contributed by atoms with Crippen molar-refractivity contribution >= 4 is 33.4 Å². The van der Waals surface area contributed by atoms with Crippen LogP contribution in [0.1, 0.15) is 56.9 Å². The third-order valence-corrected chi connectivity index (χ3v) is 12.6. The highest BCUT2D eigenvalue weighted by molar-refractivity contribution is 7.89. The molecule has 2 amide bonds. The summed E-state index contributed by atoms with van der Waals surface area (Å²) in [4.78, 5) is 31.9. The van der Waals surface area contributed by atoms with E-state index in [0.29, 0.717) is 21.7 Å². The smallest absolute Gasteiger partial charge is 0.407 e. The lowest BCUT2D eigenvalue weighted by molar-refractivity contribution is -0.123. The number of aliphatic hydroxyl groups excluding tert-OH is 1. The maximum Gasteiger partial charge on any atom is 0.407 e. The highest BCUT2D eigenvalue weighted by atomic mass is 32.2. The van der Waals surface area contributed by atoms with Crippen molar-refractivity contribution in [1.82, 2.24) is 19.9 Å². The molecule has 0 spiro atoms. The Kier molecular flexibility index (Phi) is 12.7. The Morgan fingerprint density at radius 1 is 0.945 bits per heavy atom. The van der Waals surface area contributed by atoms with Crippen molar-refractivity contribution in [3.8, 4) is 0 Å². The van der Waals surface area contributed by atoms with E-state index in [4.69, 9.17) is 4.74 Å². The average Bonchev–Trinajstić information content (AvgIpc) is 3.65. The third-order valence-electron chi connectivity index (χ3n) is 9.59. The van der Waals surface area contributed by atoms with Gasteiger partial charge < -0.3 is 20.5 Å². The number of hydrogen-bond acceptors (Lipinski definition) is 8. The van der Waals surface area contributed by atoms with E-state index < -0.39 is 71.3 Å². The molecule has 0 bridgehead atoms. The van der Waals surface area contributed by atoms with E-state index in [1.165, 1.54) is 24.5 Å². The Balaban J connectivity index is 1.24. The number of rotatable bonds is 16. The van der Waals surface area contributed by atoms with Gasteiger partial charge in [-0.2, -0.15) is 4.31 Å². The van der Waals surface area contributed by atoms with E-state index >= 15 is 0 Å². The van der Waals surface area contributed by atoms with E-state index in [1.807, 2.05) is 72.8 Å². The first kappa shape index (κ1) is 39.7. The first-order valence-corrected chi connectivity index (χ1v) is 20.0. The molecule has 55 heavy (non-hydrogen) atoms. The van der Waals surface area contributed by atoms with Crippen LogP contribution in [-0.4, -0.2) is 67.0 Å². The molecule has 1 aliphatic carbocycles. The van der Waals surface area contributed by atoms with Crippen LogP contribution in [0.5, 0.6) is 0 Å². The van der Waals surface area contributed by atoms with Gasteiger partial charge in [-0.3, -0.25) is 9.78 Å². The molecule has 2 aromatic heterocycles. The van der Waals surface area contributed by atoms with Crippen LogP contribution < -0.4 is 10.6 Å². The maximum absolute atomic E-state index is 14.4. The number of pyridine rings is 1. The van der Waals surface area contributed by atoms with E-state index in [1.54, 1.807) is 42.6 Å². The standard InChI is InChI=1S/C41H42F2N4O6S2/c1-53-40(50)46-38(37(30-12-4-2-5-13-30)31-14-6-3-7-15-31)39(49)45-25-33-18-19-36(54-33)35(27-48)47(26-29-23-41(42,43)24-29)55(51,52)34-17-10-11-28(22-34)21-32-16-8-9-20-44-32/h2-20,22,29,35,37-38,48H,21,23-27H2,1H3,(H,45,49)(H,46,50). The van der Waals surface area contributed by atoms with Crippen molar-refractivity contribution in [2.24, 2.45) is 5.92 Å². The number of sulfonamides is 1. The maximum atomic E-state index is 14.4. The Morgan fingerprint density at radius 2 is 1.62 bits per heavy atom. The predicted octanol–water partition coefficient (Wildman–Crippen LogP) is 6.68. The van der Waals surface area contributed by atoms with Gasteiger partial charge in [0.25, 0.3) is 0 Å². The van der Waals surface area contributed by atoms with Gasteiger partial charge in [-0.25, -0.2) is 22.0 Å². The summed E-state index contributed by atoms with van der Waals surface area (Å²) in [6.07, 6.45) is 0.353. The predicted molar refractivity (Wildman–Crippen MR) is 205 cm³/mol. The van der Waals surface area contributed by atoms with E-state index in [9.17, 15) is 31.9 Å². The highest BCUT2D eigenvalue weighted by Gasteiger charge is 2.48. The van der Waals surface area contributed by atoms with Gasteiger partial charge in [-0.1, -0.05) is 78.9 Å². The summed E-state index contributed by atoms with van der Waals surface area (Å²) in [7, 11) is -3.08. The minimum atomic E-state index is -4.30. The summed E-state index contributed by atoms with van der Waals surface area (Å²) in [6, 6.07) is 31.7. The van der Waals surface area contributed by atoms with Crippen molar-refractivity contribution < 1.29 is 36.6 Å². The van der Waals surface area contributed by atoms with Gasteiger partial charge in [-0.15, -0.1) is 11.3 Å². The number of alkyl carbamates (subject to hydrolysis) is 1. The fraction of sp³-hybridized carbons (Fsp3) is 0.293. The van der Waals surface area contributed by atoms with Crippen molar-refractivity contribution in [3.63, 3.8) is 0 Å². The molecule has 288 valence electrons. The molecule has 0 saturated heterocycles. The molecule has 3 aromatic carbocycles. The van der Waals surface area contributed by atoms with Gasteiger partial charge in [-0.05, 0) is 59.0 Å². The normalized spacial score (nSPS) is 15.2. The number of nitrogens with one attached hydrogen (secondary N) is 2. The van der Waals surface area contributed by atoms with Crippen LogP contribution in [0.15, 0.2) is 126 Å². The van der Waals surface area contributed by atoms with Gasteiger partial charge in [0.1, 0.15) is 6.04 Å². The van der Waals surface area contributed by atoms with Crippen LogP contribution >= 0.6 is 11.3 Å². The molecule has 0 radical (unpaired) electrons. The lowest BCUT2D eigenvalue weighted by Crippen LogP contribution is -2.50. The molecule has 2 heterocycles. The second-order valence-corrected chi connectivity index (χ2v) is 16.6. The first-order chi connectivity index (χ1) is 26.5. The zero-order chi connectivity index (χ0) is 39.0. The van der Waals surface area contributed by atoms with Crippen molar-refractivity contribution in [2.45, 2.75) is 54.6 Å². The first-order valence-electron chi connectivity index (χ1n) is 17.8. The van der Waals surface area contributed by atoms with Gasteiger partial charge in [0.05, 0.1) is 31.2 Å². The largest absolute Gasteiger partial charge is 0.453 e. The Morgan fingerprint density at radius 3 is 2.22 bits per heavy atom. The van der Waals surface area contributed by atoms with Crippen LogP contribution in [0.25, 0.3) is 0 Å². The number of aromatic nitrogens is 1. The molecule has 14 heteroatoms. The monoisotopic (exact) mass is 788 g/mol. The van der Waals surface area contributed by atoms with Gasteiger partial charge >= 0.3 is 6.09 Å². The topological polar surface area (TPSA) is 138 Å². The van der Waals surface area contributed by atoms with Gasteiger partial charge in [0, 0.05) is 53.4 Å². The summed E-state index contributed by atoms with van der Waals surface area (Å²) in [5, 5.41) is 16.3. The summed E-state index contributed by atoms with van der Waals surface area (Å²) in [5.74, 6) is -4.53. The fourth-order valence-corrected chi connectivity index (χ4v) is 9.75. The lowest BCUT2D eigenvalue weighted by Gasteiger charge is -2.39. The van der Waals surface area contributed by atoms with Crippen LogP contribution in [0, 0.1) is 5.92 Å². The molecule has 1 aliphatic rings. The molecule has 0 aliphatic heterocycles. The molecular weight excluding hydrogens is 747 g/mol. The van der Waals surface area contributed by atoms with Crippen molar-refractivity contribution in [1.29, 1.82) is 0 Å². The van der Waals surface area contributed by atoms with Crippen LogP contribution in [0.4, 0.5) is 13.6 Å². The summed E-state index contributed by atoms with van der Waals surface area (Å²) in [6.45, 7) is -0.795. The molecule has 1 fully saturated rings. The Hall–Kier alpha value is -5.02. The lowest BCUT2D eigenvalue weighted by atomic mass is 9.81. The van der Waals surface area contributed by atoms with Crippen LogP contribution in [0.2, 0.25) is 0 Å². The molecule has 1 saturated carbocycles. The number of ether oxygens (including phenoxy) is 1. The number of methoxy groups -OCH3 is 1. The highest BCUT2D eigenvalue weighted by Crippen LogP contribution is 2.45. The number of carbonyl (C=O) groups excluding carboxylic acids is 2. The van der Waals surface area contributed by atoms with Crippen LogP contribution in [-0.2, 0) is 32.5 Å². The number of hydrogen-bond donors (Lipinski definition) is 3. The summed E-state index contributed by atoms with van der Waals surface area (Å²) in [5.41, 5.74) is 3.04. The number of thiophene rings is 1. The van der Waals surface area contributed by atoms with E-state index in [0.717, 1.165) is 21.1 Å². The van der Waals surface area contributed by atoms with Crippen LogP contribution in [0.3, 0.4) is 0 Å². The zero-order valence-electron chi connectivity index (χ0n) is 30.1. The second kappa shape index (κ2) is 17.6. The van der Waals surface area contributed by atoms with E-state index in [-0.39, 0.29) is 18.0 Å². The van der Waals surface area contributed by atoms with Crippen molar-refractivity contribution in [2.75, 3.05) is 20.3 Å². The average molecular weight is 789 g/mol. The number of benzene rings is 3. The Labute approximate surface area is 323 Å². The van der Waals surface area contributed by atoms with E-state index in [2.05, 4.69) is 15.6 Å². The third kappa shape index (κ3) is 9.81. The molecular formula is C41H42F2N4O6S2. The number of nitrogens with zero attached hydrogens (tertiary/aromatic N) is 2. The molecule has 5 aromatic rings. The minimum absolute atomic E-state index is 0.0223. The summed E-state index contributed by atoms with van der Waals surface area (Å²) >= 11 is 1.19. The Bertz CT molecular complexity index is 2110. The number of alkyl halides is 2. The minimum Gasteiger partial charge on any atom is -0.453 e. The molecule has 3 N–H and O–H groups in total.